The lowest BCUT2D eigenvalue weighted by molar-refractivity contribution is -0.117. The summed E-state index contributed by atoms with van der Waals surface area (Å²) in [5.41, 5.74) is 2.68. The Morgan fingerprint density at radius 1 is 1.31 bits per heavy atom. The van der Waals surface area contributed by atoms with Crippen LogP contribution in [0.1, 0.15) is 30.1 Å². The summed E-state index contributed by atoms with van der Waals surface area (Å²) in [6, 6.07) is 10.5. The van der Waals surface area contributed by atoms with Gasteiger partial charge in [-0.2, -0.15) is 5.10 Å². The molecule has 1 unspecified atom stereocenters. The van der Waals surface area contributed by atoms with E-state index in [1.54, 1.807) is 11.8 Å². The largest absolute Gasteiger partial charge is 0.383 e. The molecule has 2 N–H and O–H groups in total. The van der Waals surface area contributed by atoms with Gasteiger partial charge in [-0.05, 0) is 37.8 Å². The molecule has 1 saturated heterocycles. The van der Waals surface area contributed by atoms with Crippen LogP contribution >= 0.6 is 0 Å². The lowest BCUT2D eigenvalue weighted by Gasteiger charge is -2.32. The standard InChI is InChI=1S/C24H32N6O2/c1-17-22(15-29(2)28-17)26-23(31)16-30-11-6-8-19(14-30)21-13-18-7-4-5-9-20(18)24(27-21)25-10-12-32-3/h4-5,7,9,13,15,19H,6,8,10-12,14,16H2,1-3H3,(H,25,27)(H,26,31). The predicted molar refractivity (Wildman–Crippen MR) is 127 cm³/mol. The van der Waals surface area contributed by atoms with Crippen LogP contribution in [0.2, 0.25) is 0 Å². The zero-order valence-electron chi connectivity index (χ0n) is 19.1. The second-order valence-electron chi connectivity index (χ2n) is 8.46. The Hall–Kier alpha value is -2.97. The first-order valence-corrected chi connectivity index (χ1v) is 11.2. The number of nitrogens with zero attached hydrogens (tertiary/aromatic N) is 4. The molecule has 1 aliphatic heterocycles. The van der Waals surface area contributed by atoms with Gasteiger partial charge in [-0.15, -0.1) is 0 Å². The Morgan fingerprint density at radius 2 is 2.16 bits per heavy atom. The van der Waals surface area contributed by atoms with Gasteiger partial charge in [0.1, 0.15) is 5.82 Å². The van der Waals surface area contributed by atoms with E-state index >= 15 is 0 Å². The lowest BCUT2D eigenvalue weighted by atomic mass is 9.93. The molecule has 32 heavy (non-hydrogen) atoms. The number of methoxy groups -OCH3 is 1. The summed E-state index contributed by atoms with van der Waals surface area (Å²) in [7, 11) is 3.55. The first-order chi connectivity index (χ1) is 15.5. The number of pyridine rings is 1. The fraction of sp³-hybridized carbons (Fsp3) is 0.458. The summed E-state index contributed by atoms with van der Waals surface area (Å²) in [4.78, 5) is 19.8. The van der Waals surface area contributed by atoms with Crippen molar-refractivity contribution in [3.63, 3.8) is 0 Å². The number of hydrogen-bond donors (Lipinski definition) is 2. The fourth-order valence-electron chi connectivity index (χ4n) is 4.39. The van der Waals surface area contributed by atoms with Crippen molar-refractivity contribution in [1.82, 2.24) is 19.7 Å². The molecule has 170 valence electrons. The molecule has 0 radical (unpaired) electrons. The molecule has 1 aromatic carbocycles. The molecule has 1 amide bonds. The number of aromatic nitrogens is 3. The smallest absolute Gasteiger partial charge is 0.238 e. The van der Waals surface area contributed by atoms with Crippen molar-refractivity contribution in [1.29, 1.82) is 0 Å². The fourth-order valence-corrected chi connectivity index (χ4v) is 4.39. The maximum Gasteiger partial charge on any atom is 0.238 e. The van der Waals surface area contributed by atoms with Crippen LogP contribution in [-0.2, 0) is 16.6 Å². The van der Waals surface area contributed by atoms with Crippen molar-refractivity contribution in [3.8, 4) is 0 Å². The van der Waals surface area contributed by atoms with Crippen molar-refractivity contribution in [2.24, 2.45) is 7.05 Å². The number of amides is 1. The van der Waals surface area contributed by atoms with Gasteiger partial charge in [0.2, 0.25) is 5.91 Å². The number of benzene rings is 1. The minimum absolute atomic E-state index is 0.00450. The van der Waals surface area contributed by atoms with Gasteiger partial charge in [-0.1, -0.05) is 24.3 Å². The number of piperidine rings is 1. The number of ether oxygens (including phenoxy) is 1. The average molecular weight is 437 g/mol. The topological polar surface area (TPSA) is 84.3 Å². The summed E-state index contributed by atoms with van der Waals surface area (Å²) in [5.74, 6) is 1.19. The van der Waals surface area contributed by atoms with Crippen LogP contribution in [0.25, 0.3) is 10.8 Å². The van der Waals surface area contributed by atoms with Gasteiger partial charge in [-0.3, -0.25) is 14.4 Å². The molecule has 0 saturated carbocycles. The number of carbonyl (C=O) groups excluding carboxylic acids is 1. The number of hydrogen-bond acceptors (Lipinski definition) is 6. The normalized spacial score (nSPS) is 16.9. The highest BCUT2D eigenvalue weighted by Gasteiger charge is 2.25. The van der Waals surface area contributed by atoms with Crippen LogP contribution < -0.4 is 10.6 Å². The summed E-state index contributed by atoms with van der Waals surface area (Å²) < 4.78 is 6.90. The zero-order chi connectivity index (χ0) is 22.5. The summed E-state index contributed by atoms with van der Waals surface area (Å²) in [6.45, 7) is 5.35. The van der Waals surface area contributed by atoms with Gasteiger partial charge in [0.15, 0.2) is 0 Å². The molecule has 1 fully saturated rings. The molecule has 3 heterocycles. The van der Waals surface area contributed by atoms with Gasteiger partial charge in [0.25, 0.3) is 0 Å². The van der Waals surface area contributed by atoms with E-state index in [1.807, 2.05) is 26.2 Å². The highest BCUT2D eigenvalue weighted by molar-refractivity contribution is 5.93. The molecule has 0 spiro atoms. The van der Waals surface area contributed by atoms with E-state index in [-0.39, 0.29) is 5.91 Å². The predicted octanol–water partition coefficient (Wildman–Crippen LogP) is 3.15. The number of carbonyl (C=O) groups is 1. The number of fused-ring (bicyclic) bond motifs is 1. The van der Waals surface area contributed by atoms with Crippen LogP contribution in [0.3, 0.4) is 0 Å². The van der Waals surface area contributed by atoms with Crippen LogP contribution in [0.15, 0.2) is 36.5 Å². The van der Waals surface area contributed by atoms with Crippen molar-refractivity contribution in [3.05, 3.63) is 47.9 Å². The first-order valence-electron chi connectivity index (χ1n) is 11.2. The maximum absolute atomic E-state index is 12.6. The van der Waals surface area contributed by atoms with Crippen LogP contribution in [-0.4, -0.2) is 65.5 Å². The molecular formula is C24H32N6O2. The van der Waals surface area contributed by atoms with Gasteiger partial charge in [-0.25, -0.2) is 4.98 Å². The molecule has 0 aliphatic carbocycles. The number of anilines is 2. The van der Waals surface area contributed by atoms with E-state index in [9.17, 15) is 4.79 Å². The summed E-state index contributed by atoms with van der Waals surface area (Å²) >= 11 is 0. The highest BCUT2D eigenvalue weighted by Crippen LogP contribution is 2.30. The zero-order valence-corrected chi connectivity index (χ0v) is 19.1. The number of aryl methyl sites for hydroxylation is 2. The molecular weight excluding hydrogens is 404 g/mol. The van der Waals surface area contributed by atoms with E-state index in [1.165, 1.54) is 5.39 Å². The monoisotopic (exact) mass is 436 g/mol. The summed E-state index contributed by atoms with van der Waals surface area (Å²) in [5, 5.41) is 13.0. The Balaban J connectivity index is 1.46. The number of rotatable bonds is 8. The van der Waals surface area contributed by atoms with Crippen molar-refractivity contribution < 1.29 is 9.53 Å². The number of likely N-dealkylation sites (tertiary alicyclic amines) is 1. The average Bonchev–Trinajstić information content (AvgIpc) is 3.10. The molecule has 0 bridgehead atoms. The summed E-state index contributed by atoms with van der Waals surface area (Å²) in [6.07, 6.45) is 3.96. The highest BCUT2D eigenvalue weighted by atomic mass is 16.5. The molecule has 1 atom stereocenters. The van der Waals surface area contributed by atoms with E-state index in [0.717, 1.165) is 54.2 Å². The molecule has 1 aliphatic rings. The van der Waals surface area contributed by atoms with Crippen LogP contribution in [0.5, 0.6) is 0 Å². The van der Waals surface area contributed by atoms with Crippen molar-refractivity contribution >= 4 is 28.2 Å². The lowest BCUT2D eigenvalue weighted by Crippen LogP contribution is -2.40. The van der Waals surface area contributed by atoms with E-state index < -0.39 is 0 Å². The molecule has 8 nitrogen and oxygen atoms in total. The Kier molecular flexibility index (Phi) is 7.02. The Bertz CT molecular complexity index is 1080. The van der Waals surface area contributed by atoms with Crippen molar-refractivity contribution in [2.45, 2.75) is 25.7 Å². The van der Waals surface area contributed by atoms with Gasteiger partial charge >= 0.3 is 0 Å². The third kappa shape index (κ3) is 5.26. The van der Waals surface area contributed by atoms with E-state index in [0.29, 0.717) is 25.6 Å². The third-order valence-electron chi connectivity index (χ3n) is 5.94. The van der Waals surface area contributed by atoms with Gasteiger partial charge in [0, 0.05) is 50.4 Å². The van der Waals surface area contributed by atoms with Gasteiger partial charge < -0.3 is 15.4 Å². The first kappa shape index (κ1) is 22.2. The van der Waals surface area contributed by atoms with Gasteiger partial charge in [0.05, 0.1) is 24.5 Å². The Morgan fingerprint density at radius 3 is 2.94 bits per heavy atom. The third-order valence-corrected chi connectivity index (χ3v) is 5.94. The van der Waals surface area contributed by atoms with E-state index in [2.05, 4.69) is 44.9 Å². The molecule has 2 aromatic heterocycles. The SMILES string of the molecule is COCCNc1nc(C2CCCN(CC(=O)Nc3cn(C)nc3C)C2)cc2ccccc12. The minimum atomic E-state index is -0.00450. The molecule has 4 rings (SSSR count). The quantitative estimate of drug-likeness (QED) is 0.528. The maximum atomic E-state index is 12.6. The minimum Gasteiger partial charge on any atom is -0.383 e. The number of nitrogens with one attached hydrogen (secondary N) is 2. The van der Waals surface area contributed by atoms with E-state index in [4.69, 9.17) is 9.72 Å². The van der Waals surface area contributed by atoms with Crippen molar-refractivity contribution in [2.75, 3.05) is 50.5 Å². The molecule has 8 heteroatoms. The van der Waals surface area contributed by atoms with Crippen LogP contribution in [0.4, 0.5) is 11.5 Å². The van der Waals surface area contributed by atoms with Crippen LogP contribution in [0, 0.1) is 6.92 Å². The Labute approximate surface area is 189 Å². The second kappa shape index (κ2) is 10.1. The second-order valence-corrected chi connectivity index (χ2v) is 8.46. The molecule has 3 aromatic rings.